The van der Waals surface area contributed by atoms with Crippen LogP contribution in [0.15, 0.2) is 42.7 Å². The molecule has 0 saturated carbocycles. The molecule has 4 heteroatoms. The van der Waals surface area contributed by atoms with Crippen molar-refractivity contribution in [2.75, 3.05) is 13.7 Å². The third-order valence-corrected chi connectivity index (χ3v) is 3.88. The molecule has 104 valence electrons. The molecule has 0 fully saturated rings. The fourth-order valence-corrected chi connectivity index (χ4v) is 2.93. The van der Waals surface area contributed by atoms with E-state index in [1.165, 1.54) is 16.7 Å². The van der Waals surface area contributed by atoms with E-state index < -0.39 is 0 Å². The van der Waals surface area contributed by atoms with E-state index in [1.807, 2.05) is 24.4 Å². The highest BCUT2D eigenvalue weighted by Gasteiger charge is 2.31. The molecular formula is C16H19N3O. The van der Waals surface area contributed by atoms with Crippen LogP contribution in [0, 0.1) is 0 Å². The standard InChI is InChI=1S/C16H19N3O/c1-20-16-6-2-5-13-14(16)11-19(15(13)8-17)10-12-4-3-7-18-9-12/h2-7,9,15H,8,10-11,17H2,1H3. The Kier molecular flexibility index (Phi) is 3.67. The monoisotopic (exact) mass is 269 g/mol. The van der Waals surface area contributed by atoms with Gasteiger partial charge in [0.05, 0.1) is 7.11 Å². The lowest BCUT2D eigenvalue weighted by atomic mass is 10.0. The Morgan fingerprint density at radius 2 is 2.25 bits per heavy atom. The van der Waals surface area contributed by atoms with Gasteiger partial charge in [-0.15, -0.1) is 0 Å². The summed E-state index contributed by atoms with van der Waals surface area (Å²) >= 11 is 0. The topological polar surface area (TPSA) is 51.4 Å². The number of ether oxygens (including phenoxy) is 1. The van der Waals surface area contributed by atoms with Crippen molar-refractivity contribution in [3.63, 3.8) is 0 Å². The van der Waals surface area contributed by atoms with Gasteiger partial charge in [0.25, 0.3) is 0 Å². The van der Waals surface area contributed by atoms with Gasteiger partial charge >= 0.3 is 0 Å². The second kappa shape index (κ2) is 5.61. The summed E-state index contributed by atoms with van der Waals surface area (Å²) in [4.78, 5) is 6.56. The first-order valence-electron chi connectivity index (χ1n) is 6.82. The van der Waals surface area contributed by atoms with E-state index >= 15 is 0 Å². The van der Waals surface area contributed by atoms with E-state index in [4.69, 9.17) is 10.5 Å². The lowest BCUT2D eigenvalue weighted by Crippen LogP contribution is -2.27. The number of hydrogen-bond donors (Lipinski definition) is 1. The van der Waals surface area contributed by atoms with Gasteiger partial charge < -0.3 is 10.5 Å². The third kappa shape index (κ3) is 2.28. The van der Waals surface area contributed by atoms with Crippen molar-refractivity contribution in [1.29, 1.82) is 0 Å². The van der Waals surface area contributed by atoms with Crippen LogP contribution in [0.25, 0.3) is 0 Å². The minimum Gasteiger partial charge on any atom is -0.496 e. The Labute approximate surface area is 119 Å². The molecule has 1 aliphatic rings. The zero-order valence-corrected chi connectivity index (χ0v) is 11.6. The van der Waals surface area contributed by atoms with Crippen molar-refractivity contribution in [2.24, 2.45) is 5.73 Å². The summed E-state index contributed by atoms with van der Waals surface area (Å²) in [5.41, 5.74) is 9.74. The molecule has 1 unspecified atom stereocenters. The van der Waals surface area contributed by atoms with Crippen LogP contribution >= 0.6 is 0 Å². The van der Waals surface area contributed by atoms with E-state index in [-0.39, 0.29) is 6.04 Å². The zero-order chi connectivity index (χ0) is 13.9. The third-order valence-electron chi connectivity index (χ3n) is 3.88. The van der Waals surface area contributed by atoms with Crippen molar-refractivity contribution in [3.8, 4) is 5.75 Å². The smallest absolute Gasteiger partial charge is 0.123 e. The van der Waals surface area contributed by atoms with Gasteiger partial charge in [-0.05, 0) is 23.3 Å². The Morgan fingerprint density at radius 1 is 1.35 bits per heavy atom. The number of hydrogen-bond acceptors (Lipinski definition) is 4. The molecule has 4 nitrogen and oxygen atoms in total. The molecule has 0 radical (unpaired) electrons. The highest BCUT2D eigenvalue weighted by Crippen LogP contribution is 2.38. The second-order valence-electron chi connectivity index (χ2n) is 5.05. The van der Waals surface area contributed by atoms with Crippen LogP contribution in [0.4, 0.5) is 0 Å². The number of nitrogens with two attached hydrogens (primary N) is 1. The molecule has 1 aromatic heterocycles. The highest BCUT2D eigenvalue weighted by atomic mass is 16.5. The lowest BCUT2D eigenvalue weighted by molar-refractivity contribution is 0.209. The van der Waals surface area contributed by atoms with Crippen LogP contribution in [0.2, 0.25) is 0 Å². The van der Waals surface area contributed by atoms with Gasteiger partial charge in [-0.3, -0.25) is 9.88 Å². The predicted molar refractivity (Wildman–Crippen MR) is 78.3 cm³/mol. The SMILES string of the molecule is COc1cccc2c1CN(Cc1cccnc1)C2CN. The molecule has 20 heavy (non-hydrogen) atoms. The van der Waals surface area contributed by atoms with Crippen molar-refractivity contribution in [1.82, 2.24) is 9.88 Å². The van der Waals surface area contributed by atoms with Gasteiger partial charge in [-0.1, -0.05) is 18.2 Å². The molecule has 2 aromatic rings. The fourth-order valence-electron chi connectivity index (χ4n) is 2.93. The lowest BCUT2D eigenvalue weighted by Gasteiger charge is -2.23. The zero-order valence-electron chi connectivity index (χ0n) is 11.6. The van der Waals surface area contributed by atoms with E-state index in [0.29, 0.717) is 6.54 Å². The van der Waals surface area contributed by atoms with Crippen LogP contribution in [-0.2, 0) is 13.1 Å². The largest absolute Gasteiger partial charge is 0.496 e. The molecule has 1 aromatic carbocycles. The Balaban J connectivity index is 1.88. The molecule has 1 aliphatic heterocycles. The minimum atomic E-state index is 0.250. The average Bonchev–Trinajstić information content (AvgIpc) is 2.85. The number of nitrogens with zero attached hydrogens (tertiary/aromatic N) is 2. The van der Waals surface area contributed by atoms with Gasteiger partial charge in [0.2, 0.25) is 0 Å². The van der Waals surface area contributed by atoms with Crippen molar-refractivity contribution >= 4 is 0 Å². The van der Waals surface area contributed by atoms with E-state index in [2.05, 4.69) is 22.0 Å². The quantitative estimate of drug-likeness (QED) is 0.923. The van der Waals surface area contributed by atoms with Gasteiger partial charge in [0.15, 0.2) is 0 Å². The Hall–Kier alpha value is -1.91. The molecule has 3 rings (SSSR count). The van der Waals surface area contributed by atoms with E-state index in [9.17, 15) is 0 Å². The summed E-state index contributed by atoms with van der Waals surface area (Å²) in [7, 11) is 1.72. The number of pyridine rings is 1. The normalized spacial score (nSPS) is 18.0. The maximum Gasteiger partial charge on any atom is 0.123 e. The predicted octanol–water partition coefficient (Wildman–Crippen LogP) is 2.11. The number of aromatic nitrogens is 1. The Morgan fingerprint density at radius 3 is 2.95 bits per heavy atom. The molecular weight excluding hydrogens is 250 g/mol. The van der Waals surface area contributed by atoms with Gasteiger partial charge in [0.1, 0.15) is 5.75 Å². The van der Waals surface area contributed by atoms with Crippen LogP contribution in [-0.4, -0.2) is 23.5 Å². The van der Waals surface area contributed by atoms with E-state index in [1.54, 1.807) is 13.3 Å². The summed E-state index contributed by atoms with van der Waals surface area (Å²) in [6.07, 6.45) is 3.71. The summed E-state index contributed by atoms with van der Waals surface area (Å²) in [5, 5.41) is 0. The molecule has 2 N–H and O–H groups in total. The molecule has 0 saturated heterocycles. The highest BCUT2D eigenvalue weighted by molar-refractivity contribution is 5.45. The Bertz CT molecular complexity index is 586. The summed E-state index contributed by atoms with van der Waals surface area (Å²) in [6, 6.07) is 10.5. The number of fused-ring (bicyclic) bond motifs is 1. The second-order valence-corrected chi connectivity index (χ2v) is 5.05. The summed E-state index contributed by atoms with van der Waals surface area (Å²) in [5.74, 6) is 0.953. The first-order chi connectivity index (χ1) is 9.83. The van der Waals surface area contributed by atoms with Gasteiger partial charge in [-0.25, -0.2) is 0 Å². The first kappa shape index (κ1) is 13.1. The number of benzene rings is 1. The molecule has 0 amide bonds. The first-order valence-corrected chi connectivity index (χ1v) is 6.82. The maximum atomic E-state index is 5.99. The van der Waals surface area contributed by atoms with Crippen LogP contribution < -0.4 is 10.5 Å². The van der Waals surface area contributed by atoms with Gasteiger partial charge in [-0.2, -0.15) is 0 Å². The fraction of sp³-hybridized carbons (Fsp3) is 0.312. The van der Waals surface area contributed by atoms with Crippen LogP contribution in [0.3, 0.4) is 0 Å². The molecule has 2 heterocycles. The maximum absolute atomic E-state index is 5.99. The molecule has 0 spiro atoms. The molecule has 1 atom stereocenters. The number of rotatable bonds is 4. The van der Waals surface area contributed by atoms with Crippen molar-refractivity contribution < 1.29 is 4.74 Å². The van der Waals surface area contributed by atoms with E-state index in [0.717, 1.165) is 18.8 Å². The molecule has 0 aliphatic carbocycles. The molecule has 0 bridgehead atoms. The van der Waals surface area contributed by atoms with Gasteiger partial charge in [0, 0.05) is 43.6 Å². The minimum absolute atomic E-state index is 0.250. The van der Waals surface area contributed by atoms with Crippen LogP contribution in [0.5, 0.6) is 5.75 Å². The van der Waals surface area contributed by atoms with Crippen molar-refractivity contribution in [2.45, 2.75) is 19.1 Å². The van der Waals surface area contributed by atoms with Crippen LogP contribution in [0.1, 0.15) is 22.7 Å². The average molecular weight is 269 g/mol. The summed E-state index contributed by atoms with van der Waals surface area (Å²) in [6.45, 7) is 2.34. The summed E-state index contributed by atoms with van der Waals surface area (Å²) < 4.78 is 5.47. The number of methoxy groups -OCH3 is 1. The van der Waals surface area contributed by atoms with Crippen molar-refractivity contribution in [3.05, 3.63) is 59.4 Å².